The van der Waals surface area contributed by atoms with Crippen molar-refractivity contribution in [2.75, 3.05) is 26.2 Å². The molecule has 1 aliphatic rings. The van der Waals surface area contributed by atoms with E-state index in [0.717, 1.165) is 4.70 Å². The number of hydrogen-bond acceptors (Lipinski definition) is 3. The number of rotatable bonds is 2. The molecule has 0 unspecified atom stereocenters. The van der Waals surface area contributed by atoms with Gasteiger partial charge >= 0.3 is 6.03 Å². The van der Waals surface area contributed by atoms with Crippen LogP contribution in [-0.4, -0.2) is 54.0 Å². The Kier molecular flexibility index (Phi) is 4.71. The molecule has 0 saturated carbocycles. The SMILES string of the molecule is CC(C)NC(=O)N1CCN(C(=O)c2cc3c(F)cccc3s2)CC1. The van der Waals surface area contributed by atoms with Crippen molar-refractivity contribution in [1.82, 2.24) is 15.1 Å². The van der Waals surface area contributed by atoms with E-state index in [1.54, 1.807) is 21.9 Å². The number of carbonyl (C=O) groups excluding carboxylic acids is 2. The van der Waals surface area contributed by atoms with Crippen molar-refractivity contribution in [2.45, 2.75) is 19.9 Å². The van der Waals surface area contributed by atoms with E-state index in [9.17, 15) is 14.0 Å². The van der Waals surface area contributed by atoms with Gasteiger partial charge in [-0.1, -0.05) is 6.07 Å². The summed E-state index contributed by atoms with van der Waals surface area (Å²) in [4.78, 5) is 28.6. The number of amides is 3. The van der Waals surface area contributed by atoms with Crippen LogP contribution in [0.25, 0.3) is 10.1 Å². The second-order valence-corrected chi connectivity index (χ2v) is 7.23. The molecule has 2 heterocycles. The highest BCUT2D eigenvalue weighted by atomic mass is 32.1. The number of thiophene rings is 1. The summed E-state index contributed by atoms with van der Waals surface area (Å²) < 4.78 is 14.6. The summed E-state index contributed by atoms with van der Waals surface area (Å²) >= 11 is 1.30. The van der Waals surface area contributed by atoms with E-state index in [4.69, 9.17) is 0 Å². The molecule has 128 valence electrons. The molecule has 1 saturated heterocycles. The molecule has 0 atom stereocenters. The fourth-order valence-electron chi connectivity index (χ4n) is 2.74. The molecule has 1 aromatic carbocycles. The Morgan fingerprint density at radius 1 is 1.17 bits per heavy atom. The van der Waals surface area contributed by atoms with Gasteiger partial charge in [-0.2, -0.15) is 0 Å². The number of nitrogens with zero attached hydrogens (tertiary/aromatic N) is 2. The van der Waals surface area contributed by atoms with Gasteiger partial charge in [0, 0.05) is 42.3 Å². The number of fused-ring (bicyclic) bond motifs is 1. The number of benzene rings is 1. The molecule has 5 nitrogen and oxygen atoms in total. The average Bonchev–Trinajstić information content (AvgIpc) is 2.99. The predicted octanol–water partition coefficient (Wildman–Crippen LogP) is 2.92. The van der Waals surface area contributed by atoms with Crippen LogP contribution >= 0.6 is 11.3 Å². The van der Waals surface area contributed by atoms with E-state index in [1.807, 2.05) is 19.9 Å². The van der Waals surface area contributed by atoms with Crippen molar-refractivity contribution in [2.24, 2.45) is 0 Å². The first-order valence-electron chi connectivity index (χ1n) is 7.98. The minimum atomic E-state index is -0.307. The molecular formula is C17H20FN3O2S. The number of carbonyl (C=O) groups is 2. The van der Waals surface area contributed by atoms with Crippen molar-refractivity contribution in [1.29, 1.82) is 0 Å². The second kappa shape index (κ2) is 6.76. The summed E-state index contributed by atoms with van der Waals surface area (Å²) in [6, 6.07) is 6.47. The molecule has 1 aromatic heterocycles. The summed E-state index contributed by atoms with van der Waals surface area (Å²) in [6.07, 6.45) is 0. The number of nitrogens with one attached hydrogen (secondary N) is 1. The predicted molar refractivity (Wildman–Crippen MR) is 92.9 cm³/mol. The van der Waals surface area contributed by atoms with Gasteiger partial charge in [0.05, 0.1) is 4.88 Å². The maximum atomic E-state index is 13.8. The van der Waals surface area contributed by atoms with Gasteiger partial charge in [-0.3, -0.25) is 4.79 Å². The third-order valence-electron chi connectivity index (χ3n) is 3.99. The molecule has 1 fully saturated rings. The standard InChI is InChI=1S/C17H20FN3O2S/c1-11(2)19-17(23)21-8-6-20(7-9-21)16(22)15-10-12-13(18)4-3-5-14(12)24-15/h3-5,10-11H,6-9H2,1-2H3,(H,19,23). The molecule has 3 rings (SSSR count). The van der Waals surface area contributed by atoms with E-state index in [1.165, 1.54) is 17.4 Å². The van der Waals surface area contributed by atoms with Crippen molar-refractivity contribution in [3.8, 4) is 0 Å². The maximum Gasteiger partial charge on any atom is 0.317 e. The van der Waals surface area contributed by atoms with Gasteiger partial charge < -0.3 is 15.1 Å². The zero-order valence-electron chi connectivity index (χ0n) is 13.7. The molecule has 0 bridgehead atoms. The quantitative estimate of drug-likeness (QED) is 0.906. The zero-order valence-corrected chi connectivity index (χ0v) is 14.5. The lowest BCUT2D eigenvalue weighted by atomic mass is 10.2. The third-order valence-corrected chi connectivity index (χ3v) is 5.07. The zero-order chi connectivity index (χ0) is 17.3. The minimum absolute atomic E-state index is 0.0885. The molecule has 24 heavy (non-hydrogen) atoms. The van der Waals surface area contributed by atoms with Crippen LogP contribution in [0.4, 0.5) is 9.18 Å². The van der Waals surface area contributed by atoms with Gasteiger partial charge in [-0.25, -0.2) is 9.18 Å². The molecule has 2 aromatic rings. The molecular weight excluding hydrogens is 329 g/mol. The average molecular weight is 349 g/mol. The third kappa shape index (κ3) is 3.36. The van der Waals surface area contributed by atoms with Crippen molar-refractivity contribution >= 4 is 33.4 Å². The molecule has 1 N–H and O–H groups in total. The van der Waals surface area contributed by atoms with Crippen molar-refractivity contribution in [3.63, 3.8) is 0 Å². The normalized spacial score (nSPS) is 15.2. The first-order valence-corrected chi connectivity index (χ1v) is 8.80. The van der Waals surface area contributed by atoms with Gasteiger partial charge in [0.25, 0.3) is 5.91 Å². The Bertz CT molecular complexity index is 766. The number of hydrogen-bond donors (Lipinski definition) is 1. The molecule has 7 heteroatoms. The van der Waals surface area contributed by atoms with E-state index in [-0.39, 0.29) is 23.8 Å². The van der Waals surface area contributed by atoms with Crippen LogP contribution in [0, 0.1) is 5.82 Å². The van der Waals surface area contributed by atoms with Gasteiger partial charge in [-0.05, 0) is 32.0 Å². The van der Waals surface area contributed by atoms with E-state index in [2.05, 4.69) is 5.32 Å². The minimum Gasteiger partial charge on any atom is -0.336 e. The first-order chi connectivity index (χ1) is 11.5. The van der Waals surface area contributed by atoms with Crippen LogP contribution in [0.2, 0.25) is 0 Å². The Labute approximate surface area is 144 Å². The first kappa shape index (κ1) is 16.7. The van der Waals surface area contributed by atoms with Gasteiger partial charge in [0.15, 0.2) is 0 Å². The Hall–Kier alpha value is -2.15. The summed E-state index contributed by atoms with van der Waals surface area (Å²) in [5, 5.41) is 3.34. The summed E-state index contributed by atoms with van der Waals surface area (Å²) in [6.45, 7) is 5.81. The molecule has 1 aliphatic heterocycles. The number of piperazine rings is 1. The summed E-state index contributed by atoms with van der Waals surface area (Å²) in [7, 11) is 0. The monoisotopic (exact) mass is 349 g/mol. The number of halogens is 1. The Morgan fingerprint density at radius 2 is 1.83 bits per heavy atom. The van der Waals surface area contributed by atoms with Crippen LogP contribution in [0.5, 0.6) is 0 Å². The highest BCUT2D eigenvalue weighted by molar-refractivity contribution is 7.20. The lowest BCUT2D eigenvalue weighted by Gasteiger charge is -2.34. The van der Waals surface area contributed by atoms with E-state index >= 15 is 0 Å². The molecule has 3 amide bonds. The second-order valence-electron chi connectivity index (χ2n) is 6.15. The topological polar surface area (TPSA) is 52.7 Å². The fourth-order valence-corrected chi connectivity index (χ4v) is 3.78. The summed E-state index contributed by atoms with van der Waals surface area (Å²) in [5.41, 5.74) is 0. The lowest BCUT2D eigenvalue weighted by Crippen LogP contribution is -2.53. The van der Waals surface area contributed by atoms with Crippen molar-refractivity contribution in [3.05, 3.63) is 35.0 Å². The highest BCUT2D eigenvalue weighted by Gasteiger charge is 2.26. The Balaban J connectivity index is 1.66. The highest BCUT2D eigenvalue weighted by Crippen LogP contribution is 2.28. The molecule has 0 spiro atoms. The van der Waals surface area contributed by atoms with Crippen LogP contribution in [0.15, 0.2) is 24.3 Å². The summed E-state index contributed by atoms with van der Waals surface area (Å²) in [5.74, 6) is -0.405. The largest absolute Gasteiger partial charge is 0.336 e. The fraction of sp³-hybridized carbons (Fsp3) is 0.412. The van der Waals surface area contributed by atoms with Crippen LogP contribution in [0.3, 0.4) is 0 Å². The Morgan fingerprint density at radius 3 is 2.46 bits per heavy atom. The van der Waals surface area contributed by atoms with Crippen molar-refractivity contribution < 1.29 is 14.0 Å². The van der Waals surface area contributed by atoms with Crippen LogP contribution in [0.1, 0.15) is 23.5 Å². The lowest BCUT2D eigenvalue weighted by molar-refractivity contribution is 0.0669. The van der Waals surface area contributed by atoms with Gasteiger partial charge in [-0.15, -0.1) is 11.3 Å². The van der Waals surface area contributed by atoms with Gasteiger partial charge in [0.1, 0.15) is 5.82 Å². The van der Waals surface area contributed by atoms with E-state index in [0.29, 0.717) is 36.4 Å². The van der Waals surface area contributed by atoms with E-state index < -0.39 is 0 Å². The molecule has 0 radical (unpaired) electrons. The molecule has 0 aliphatic carbocycles. The van der Waals surface area contributed by atoms with Crippen LogP contribution in [-0.2, 0) is 0 Å². The van der Waals surface area contributed by atoms with Crippen LogP contribution < -0.4 is 5.32 Å². The maximum absolute atomic E-state index is 13.8. The smallest absolute Gasteiger partial charge is 0.317 e. The number of urea groups is 1. The van der Waals surface area contributed by atoms with Gasteiger partial charge in [0.2, 0.25) is 0 Å².